The first-order valence-electron chi connectivity index (χ1n) is 4.58. The van der Waals surface area contributed by atoms with Gasteiger partial charge in [-0.25, -0.2) is 0 Å². The summed E-state index contributed by atoms with van der Waals surface area (Å²) in [6.07, 6.45) is 1.15. The Bertz CT molecular complexity index is 164. The molecule has 0 radical (unpaired) electrons. The lowest BCUT2D eigenvalue weighted by atomic mass is 10.5. The fourth-order valence-electron chi connectivity index (χ4n) is 0.757. The first-order chi connectivity index (χ1) is 6.77. The van der Waals surface area contributed by atoms with Crippen LogP contribution in [0.3, 0.4) is 0 Å². The molecular formula is C8H15Cl2NO2Si. The van der Waals surface area contributed by atoms with Crippen LogP contribution in [-0.2, 0) is 9.16 Å². The molecule has 0 atom stereocenters. The Morgan fingerprint density at radius 2 is 2.07 bits per heavy atom. The SMILES string of the molecule is N#CCCOCC[SiH2]OCCC(Cl)Cl. The number of nitrogens with zero attached hydrogens (tertiary/aromatic N) is 1. The number of halogens is 2. The Morgan fingerprint density at radius 3 is 2.71 bits per heavy atom. The molecule has 0 amide bonds. The molecule has 3 nitrogen and oxygen atoms in total. The maximum Gasteiger partial charge on any atom is 0.163 e. The minimum absolute atomic E-state index is 0.323. The summed E-state index contributed by atoms with van der Waals surface area (Å²) in [5, 5.41) is 8.22. The summed E-state index contributed by atoms with van der Waals surface area (Å²) in [7, 11) is -0.491. The number of hydrogen-bond donors (Lipinski definition) is 0. The standard InChI is InChI=1S/C8H15Cl2NO2Si/c9-8(10)2-5-13-14-7-6-12-4-1-3-11/h8H,1-2,4-7,14H2. The van der Waals surface area contributed by atoms with Crippen LogP contribution in [0.5, 0.6) is 0 Å². The number of rotatable bonds is 9. The van der Waals surface area contributed by atoms with Crippen LogP contribution in [0.25, 0.3) is 0 Å². The summed E-state index contributed by atoms with van der Waals surface area (Å²) in [5.41, 5.74) is 0. The van der Waals surface area contributed by atoms with E-state index in [-0.39, 0.29) is 4.84 Å². The molecule has 14 heavy (non-hydrogen) atoms. The van der Waals surface area contributed by atoms with Gasteiger partial charge < -0.3 is 9.16 Å². The summed E-state index contributed by atoms with van der Waals surface area (Å²) in [6, 6.07) is 2.99. The van der Waals surface area contributed by atoms with E-state index in [9.17, 15) is 0 Å². The highest BCUT2D eigenvalue weighted by atomic mass is 35.5. The molecular weight excluding hydrogens is 241 g/mol. The van der Waals surface area contributed by atoms with E-state index in [1.807, 2.05) is 6.07 Å². The molecule has 0 heterocycles. The van der Waals surface area contributed by atoms with Gasteiger partial charge in [-0.05, 0) is 12.5 Å². The Kier molecular flexibility index (Phi) is 11.4. The fraction of sp³-hybridized carbons (Fsp3) is 0.875. The molecule has 0 unspecified atom stereocenters. The first-order valence-corrected chi connectivity index (χ1v) is 7.03. The quantitative estimate of drug-likeness (QED) is 0.358. The van der Waals surface area contributed by atoms with Crippen molar-refractivity contribution in [1.82, 2.24) is 0 Å². The van der Waals surface area contributed by atoms with Crippen molar-refractivity contribution in [3.05, 3.63) is 0 Å². The third-order valence-electron chi connectivity index (χ3n) is 1.42. The summed E-state index contributed by atoms with van der Waals surface area (Å²) in [5.74, 6) is 0. The molecule has 6 heteroatoms. The number of ether oxygens (including phenoxy) is 1. The van der Waals surface area contributed by atoms with Crippen LogP contribution < -0.4 is 0 Å². The van der Waals surface area contributed by atoms with Gasteiger partial charge in [-0.15, -0.1) is 23.2 Å². The van der Waals surface area contributed by atoms with Crippen molar-refractivity contribution in [3.63, 3.8) is 0 Å². The lowest BCUT2D eigenvalue weighted by Gasteiger charge is -2.04. The van der Waals surface area contributed by atoms with Crippen LogP contribution in [0.15, 0.2) is 0 Å². The van der Waals surface area contributed by atoms with E-state index < -0.39 is 9.76 Å². The molecule has 82 valence electrons. The summed E-state index contributed by atoms with van der Waals surface area (Å²) in [4.78, 5) is -0.323. The van der Waals surface area contributed by atoms with Gasteiger partial charge in [0.25, 0.3) is 0 Å². The second-order valence-electron chi connectivity index (χ2n) is 2.67. The van der Waals surface area contributed by atoms with Gasteiger partial charge in [0, 0.05) is 13.2 Å². The summed E-state index contributed by atoms with van der Waals surface area (Å²) < 4.78 is 10.6. The van der Waals surface area contributed by atoms with Crippen molar-refractivity contribution in [1.29, 1.82) is 5.26 Å². The van der Waals surface area contributed by atoms with Crippen LogP contribution in [-0.4, -0.2) is 34.4 Å². The Hall–Kier alpha value is 0.207. The summed E-state index contributed by atoms with van der Waals surface area (Å²) >= 11 is 11.0. The van der Waals surface area contributed by atoms with Crippen LogP contribution in [0.1, 0.15) is 12.8 Å². The van der Waals surface area contributed by atoms with Crippen LogP contribution >= 0.6 is 23.2 Å². The van der Waals surface area contributed by atoms with Crippen LogP contribution in [0.2, 0.25) is 6.04 Å². The first kappa shape index (κ1) is 14.2. The van der Waals surface area contributed by atoms with Crippen molar-refractivity contribution >= 4 is 33.0 Å². The van der Waals surface area contributed by atoms with Gasteiger partial charge in [-0.2, -0.15) is 5.26 Å². The molecule has 0 aromatic heterocycles. The fourth-order valence-corrected chi connectivity index (χ4v) is 1.83. The van der Waals surface area contributed by atoms with E-state index in [0.717, 1.165) is 6.04 Å². The predicted octanol–water partition coefficient (Wildman–Crippen LogP) is 1.63. The Balaban J connectivity index is 2.89. The molecule has 0 fully saturated rings. The molecule has 0 aliphatic heterocycles. The lowest BCUT2D eigenvalue weighted by molar-refractivity contribution is 0.151. The monoisotopic (exact) mass is 255 g/mol. The highest BCUT2D eigenvalue weighted by molar-refractivity contribution is 6.44. The number of nitriles is 1. The molecule has 0 aromatic carbocycles. The van der Waals surface area contributed by atoms with Crippen molar-refractivity contribution < 1.29 is 9.16 Å². The average Bonchev–Trinajstić information content (AvgIpc) is 2.15. The van der Waals surface area contributed by atoms with Crippen molar-refractivity contribution in [2.75, 3.05) is 19.8 Å². The Labute approximate surface area is 97.2 Å². The molecule has 0 N–H and O–H groups in total. The Morgan fingerprint density at radius 1 is 1.29 bits per heavy atom. The second-order valence-corrected chi connectivity index (χ2v) is 5.47. The normalized spacial score (nSPS) is 11.3. The van der Waals surface area contributed by atoms with Gasteiger partial charge in [0.2, 0.25) is 0 Å². The zero-order chi connectivity index (χ0) is 10.6. The summed E-state index contributed by atoms with van der Waals surface area (Å²) in [6.45, 7) is 1.86. The highest BCUT2D eigenvalue weighted by Crippen LogP contribution is 2.05. The van der Waals surface area contributed by atoms with Gasteiger partial charge in [0.1, 0.15) is 4.84 Å². The van der Waals surface area contributed by atoms with Crippen LogP contribution in [0, 0.1) is 11.3 Å². The van der Waals surface area contributed by atoms with E-state index >= 15 is 0 Å². The third-order valence-corrected chi connectivity index (χ3v) is 3.01. The molecule has 0 aliphatic carbocycles. The van der Waals surface area contributed by atoms with E-state index in [1.165, 1.54) is 0 Å². The molecule has 0 saturated heterocycles. The molecule has 0 aromatic rings. The molecule has 0 aliphatic rings. The van der Waals surface area contributed by atoms with E-state index in [2.05, 4.69) is 0 Å². The smallest absolute Gasteiger partial charge is 0.163 e. The maximum absolute atomic E-state index is 8.22. The number of hydrogen-bond acceptors (Lipinski definition) is 3. The van der Waals surface area contributed by atoms with Gasteiger partial charge in [-0.3, -0.25) is 0 Å². The van der Waals surface area contributed by atoms with Gasteiger partial charge in [0.15, 0.2) is 9.76 Å². The van der Waals surface area contributed by atoms with Gasteiger partial charge in [0.05, 0.1) is 19.1 Å². The van der Waals surface area contributed by atoms with Crippen molar-refractivity contribution in [2.45, 2.75) is 23.7 Å². The van der Waals surface area contributed by atoms with E-state index in [0.29, 0.717) is 32.7 Å². The molecule has 0 bridgehead atoms. The minimum atomic E-state index is -0.491. The molecule has 0 saturated carbocycles. The molecule has 0 rings (SSSR count). The molecule has 0 spiro atoms. The van der Waals surface area contributed by atoms with Crippen molar-refractivity contribution in [3.8, 4) is 6.07 Å². The predicted molar refractivity (Wildman–Crippen MR) is 60.5 cm³/mol. The van der Waals surface area contributed by atoms with Crippen LogP contribution in [0.4, 0.5) is 0 Å². The lowest BCUT2D eigenvalue weighted by Crippen LogP contribution is -2.06. The van der Waals surface area contributed by atoms with E-state index in [1.54, 1.807) is 0 Å². The van der Waals surface area contributed by atoms with Gasteiger partial charge >= 0.3 is 0 Å². The maximum atomic E-state index is 8.22. The minimum Gasteiger partial charge on any atom is -0.424 e. The number of alkyl halides is 2. The van der Waals surface area contributed by atoms with Crippen molar-refractivity contribution in [2.24, 2.45) is 0 Å². The largest absolute Gasteiger partial charge is 0.424 e. The zero-order valence-corrected chi connectivity index (χ0v) is 11.0. The van der Waals surface area contributed by atoms with Gasteiger partial charge in [-0.1, -0.05) is 0 Å². The third kappa shape index (κ3) is 12.2. The zero-order valence-electron chi connectivity index (χ0n) is 8.05. The highest BCUT2D eigenvalue weighted by Gasteiger charge is 1.97. The average molecular weight is 256 g/mol. The topological polar surface area (TPSA) is 42.2 Å². The van der Waals surface area contributed by atoms with E-state index in [4.69, 9.17) is 37.6 Å². The second kappa shape index (κ2) is 11.3.